The van der Waals surface area contributed by atoms with Gasteiger partial charge < -0.3 is 0 Å². The summed E-state index contributed by atoms with van der Waals surface area (Å²) in [6.07, 6.45) is 2.25. The maximum Gasteiger partial charge on any atom is 0.166 e. The molecule has 1 aromatic rings. The fourth-order valence-electron chi connectivity index (χ4n) is 2.03. The molecule has 1 rings (SSSR count). The molecule has 1 aromatic heterocycles. The molecule has 0 amide bonds. The molecular formula is C13H22N2O. The van der Waals surface area contributed by atoms with E-state index in [9.17, 15) is 4.79 Å². The van der Waals surface area contributed by atoms with Crippen molar-refractivity contribution >= 4 is 5.78 Å². The third kappa shape index (κ3) is 2.18. The van der Waals surface area contributed by atoms with E-state index in [1.165, 1.54) is 0 Å². The maximum absolute atomic E-state index is 12.0. The van der Waals surface area contributed by atoms with Crippen molar-refractivity contribution in [3.8, 4) is 0 Å². The number of hydrogen-bond donors (Lipinski definition) is 0. The minimum Gasteiger partial charge on any atom is -0.294 e. The first-order chi connectivity index (χ1) is 7.56. The molecule has 0 aromatic carbocycles. The maximum atomic E-state index is 12.0. The smallest absolute Gasteiger partial charge is 0.166 e. The fraction of sp³-hybridized carbons (Fsp3) is 0.692. The van der Waals surface area contributed by atoms with E-state index in [4.69, 9.17) is 0 Å². The standard InChI is InChI=1S/C13H22N2O/c1-6-10-13(12(16)8-3)11(7-2)15(14-10)9(4)5/h9H,6-8H2,1-5H3. The molecule has 90 valence electrons. The van der Waals surface area contributed by atoms with Crippen LogP contribution in [0.3, 0.4) is 0 Å². The topological polar surface area (TPSA) is 34.9 Å². The van der Waals surface area contributed by atoms with Crippen molar-refractivity contribution in [3.63, 3.8) is 0 Å². The lowest BCUT2D eigenvalue weighted by Crippen LogP contribution is -2.09. The predicted octanol–water partition coefficient (Wildman–Crippen LogP) is 3.18. The molecule has 3 nitrogen and oxygen atoms in total. The normalized spacial score (nSPS) is 11.1. The average Bonchev–Trinajstić information content (AvgIpc) is 2.66. The van der Waals surface area contributed by atoms with Crippen LogP contribution in [-0.2, 0) is 12.8 Å². The van der Waals surface area contributed by atoms with Gasteiger partial charge in [-0.2, -0.15) is 5.10 Å². The minimum absolute atomic E-state index is 0.223. The van der Waals surface area contributed by atoms with Crippen LogP contribution < -0.4 is 0 Å². The molecule has 0 aliphatic carbocycles. The second kappa shape index (κ2) is 5.28. The highest BCUT2D eigenvalue weighted by atomic mass is 16.1. The monoisotopic (exact) mass is 222 g/mol. The van der Waals surface area contributed by atoms with Gasteiger partial charge in [-0.15, -0.1) is 0 Å². The van der Waals surface area contributed by atoms with E-state index < -0.39 is 0 Å². The van der Waals surface area contributed by atoms with Crippen molar-refractivity contribution in [3.05, 3.63) is 17.0 Å². The number of carbonyl (C=O) groups is 1. The Morgan fingerprint density at radius 2 is 1.88 bits per heavy atom. The van der Waals surface area contributed by atoms with E-state index in [0.717, 1.165) is 29.8 Å². The molecule has 1 heterocycles. The zero-order valence-electron chi connectivity index (χ0n) is 11.0. The van der Waals surface area contributed by atoms with E-state index in [0.29, 0.717) is 12.5 Å². The molecule has 0 aliphatic rings. The second-order valence-corrected chi connectivity index (χ2v) is 4.29. The van der Waals surface area contributed by atoms with Gasteiger partial charge in [0, 0.05) is 18.2 Å². The van der Waals surface area contributed by atoms with Crippen molar-refractivity contribution in [1.29, 1.82) is 0 Å². The van der Waals surface area contributed by atoms with Crippen LogP contribution >= 0.6 is 0 Å². The molecule has 0 aliphatic heterocycles. The van der Waals surface area contributed by atoms with Crippen molar-refractivity contribution in [2.45, 2.75) is 59.9 Å². The van der Waals surface area contributed by atoms with Crippen molar-refractivity contribution < 1.29 is 4.79 Å². The van der Waals surface area contributed by atoms with Crippen LogP contribution in [0.4, 0.5) is 0 Å². The summed E-state index contributed by atoms with van der Waals surface area (Å²) in [5, 5.41) is 4.56. The summed E-state index contributed by atoms with van der Waals surface area (Å²) in [6.45, 7) is 10.3. The van der Waals surface area contributed by atoms with Gasteiger partial charge in [0.1, 0.15) is 0 Å². The minimum atomic E-state index is 0.223. The molecule has 16 heavy (non-hydrogen) atoms. The van der Waals surface area contributed by atoms with Crippen LogP contribution in [0.5, 0.6) is 0 Å². The van der Waals surface area contributed by atoms with Gasteiger partial charge in [0.05, 0.1) is 11.3 Å². The van der Waals surface area contributed by atoms with Gasteiger partial charge in [-0.05, 0) is 26.7 Å². The quantitative estimate of drug-likeness (QED) is 0.717. The Labute approximate surface area is 97.8 Å². The highest BCUT2D eigenvalue weighted by molar-refractivity contribution is 5.98. The fourth-order valence-corrected chi connectivity index (χ4v) is 2.03. The Morgan fingerprint density at radius 1 is 1.25 bits per heavy atom. The highest BCUT2D eigenvalue weighted by Gasteiger charge is 2.21. The van der Waals surface area contributed by atoms with Crippen LogP contribution in [0.25, 0.3) is 0 Å². The van der Waals surface area contributed by atoms with Gasteiger partial charge in [-0.25, -0.2) is 0 Å². The first kappa shape index (κ1) is 12.9. The first-order valence-corrected chi connectivity index (χ1v) is 6.20. The van der Waals surface area contributed by atoms with Crippen LogP contribution in [0.2, 0.25) is 0 Å². The second-order valence-electron chi connectivity index (χ2n) is 4.29. The molecular weight excluding hydrogens is 200 g/mol. The Balaban J connectivity index is 3.37. The van der Waals surface area contributed by atoms with Crippen LogP contribution in [0.1, 0.15) is 68.8 Å². The third-order valence-electron chi connectivity index (χ3n) is 2.84. The molecule has 0 spiro atoms. The van der Waals surface area contributed by atoms with Crippen molar-refractivity contribution in [2.24, 2.45) is 0 Å². The Morgan fingerprint density at radius 3 is 2.25 bits per heavy atom. The number of carbonyl (C=O) groups excluding carboxylic acids is 1. The third-order valence-corrected chi connectivity index (χ3v) is 2.84. The van der Waals surface area contributed by atoms with Gasteiger partial charge >= 0.3 is 0 Å². The summed E-state index contributed by atoms with van der Waals surface area (Å²) in [5.41, 5.74) is 2.93. The SMILES string of the molecule is CCC(=O)c1c(CC)nn(C(C)C)c1CC. The summed E-state index contributed by atoms with van der Waals surface area (Å²) in [5.74, 6) is 0.223. The zero-order chi connectivity index (χ0) is 12.3. The molecule has 0 saturated heterocycles. The van der Waals surface area contributed by atoms with E-state index in [-0.39, 0.29) is 5.78 Å². The Kier molecular flexibility index (Phi) is 4.27. The summed E-state index contributed by atoms with van der Waals surface area (Å²) >= 11 is 0. The van der Waals surface area contributed by atoms with E-state index in [1.807, 2.05) is 11.6 Å². The Bertz CT molecular complexity index is 378. The van der Waals surface area contributed by atoms with Gasteiger partial charge in [-0.3, -0.25) is 9.48 Å². The molecule has 0 saturated carbocycles. The molecule has 0 N–H and O–H groups in total. The van der Waals surface area contributed by atoms with Crippen LogP contribution in [0.15, 0.2) is 0 Å². The van der Waals surface area contributed by atoms with Gasteiger partial charge in [0.15, 0.2) is 5.78 Å². The van der Waals surface area contributed by atoms with E-state index in [1.54, 1.807) is 0 Å². The summed E-state index contributed by atoms with van der Waals surface area (Å²) in [7, 11) is 0. The number of Topliss-reactive ketones (excluding diaryl/α,β-unsaturated/α-hetero) is 1. The average molecular weight is 222 g/mol. The lowest BCUT2D eigenvalue weighted by Gasteiger charge is -2.10. The summed E-state index contributed by atoms with van der Waals surface area (Å²) in [4.78, 5) is 12.0. The lowest BCUT2D eigenvalue weighted by molar-refractivity contribution is 0.0986. The van der Waals surface area contributed by atoms with Crippen molar-refractivity contribution in [1.82, 2.24) is 9.78 Å². The highest BCUT2D eigenvalue weighted by Crippen LogP contribution is 2.21. The van der Waals surface area contributed by atoms with Gasteiger partial charge in [0.25, 0.3) is 0 Å². The van der Waals surface area contributed by atoms with Gasteiger partial charge in [-0.1, -0.05) is 20.8 Å². The molecule has 0 bridgehead atoms. The first-order valence-electron chi connectivity index (χ1n) is 6.20. The summed E-state index contributed by atoms with van der Waals surface area (Å²) in [6, 6.07) is 0.318. The van der Waals surface area contributed by atoms with Crippen LogP contribution in [-0.4, -0.2) is 15.6 Å². The Hall–Kier alpha value is -1.12. The van der Waals surface area contributed by atoms with Gasteiger partial charge in [0.2, 0.25) is 0 Å². The molecule has 0 fully saturated rings. The molecule has 0 unspecified atom stereocenters. The lowest BCUT2D eigenvalue weighted by atomic mass is 10.0. The van der Waals surface area contributed by atoms with Crippen molar-refractivity contribution in [2.75, 3.05) is 0 Å². The number of rotatable bonds is 5. The zero-order valence-corrected chi connectivity index (χ0v) is 11.0. The molecule has 0 radical (unpaired) electrons. The number of ketones is 1. The molecule has 3 heteroatoms. The number of aromatic nitrogens is 2. The van der Waals surface area contributed by atoms with E-state index >= 15 is 0 Å². The number of hydrogen-bond acceptors (Lipinski definition) is 2. The number of nitrogens with zero attached hydrogens (tertiary/aromatic N) is 2. The predicted molar refractivity (Wildman–Crippen MR) is 66.0 cm³/mol. The largest absolute Gasteiger partial charge is 0.294 e. The van der Waals surface area contributed by atoms with E-state index in [2.05, 4.69) is 32.8 Å². The van der Waals surface area contributed by atoms with Crippen LogP contribution in [0, 0.1) is 0 Å². The number of aryl methyl sites for hydroxylation is 1. The summed E-state index contributed by atoms with van der Waals surface area (Å²) < 4.78 is 2.00. The molecule has 0 atom stereocenters.